The normalized spacial score (nSPS) is 11.5. The molecule has 1 heterocycles. The van der Waals surface area contributed by atoms with Crippen molar-refractivity contribution in [3.8, 4) is 0 Å². The van der Waals surface area contributed by atoms with Gasteiger partial charge < -0.3 is 9.64 Å². The standard InChI is InChI=1S/C22H21FN4O6S2/c1-3-26(14-15-5-11-18(12-6-15)35(23,31)32)17-9-7-16(8-10-17)24-25-21-19(22(28)33-4-2)13-20(34-21)27(29)30/h5-13H,3-4,14H2,1-2H3/b25-24+. The van der Waals surface area contributed by atoms with E-state index in [1.807, 2.05) is 11.8 Å². The second-order valence-electron chi connectivity index (χ2n) is 7.09. The summed E-state index contributed by atoms with van der Waals surface area (Å²) in [6.45, 7) is 4.81. The Labute approximate surface area is 205 Å². The minimum absolute atomic E-state index is 0.0207. The summed E-state index contributed by atoms with van der Waals surface area (Å²) in [6.07, 6.45) is 0. The first-order chi connectivity index (χ1) is 16.6. The second-order valence-corrected chi connectivity index (χ2v) is 9.45. The van der Waals surface area contributed by atoms with Gasteiger partial charge in [0.05, 0.1) is 22.1 Å². The fourth-order valence-corrected chi connectivity index (χ4v) is 4.33. The maximum Gasteiger partial charge on any atom is 0.341 e. The Kier molecular flexibility index (Phi) is 8.25. The number of carbonyl (C=O) groups excluding carboxylic acids is 1. The fraction of sp³-hybridized carbons (Fsp3) is 0.227. The highest BCUT2D eigenvalue weighted by molar-refractivity contribution is 7.86. The lowest BCUT2D eigenvalue weighted by molar-refractivity contribution is -0.380. The molecule has 3 aromatic rings. The third kappa shape index (κ3) is 6.67. The van der Waals surface area contributed by atoms with Crippen molar-refractivity contribution in [3.05, 3.63) is 75.8 Å². The van der Waals surface area contributed by atoms with Gasteiger partial charge in [0.25, 0.3) is 0 Å². The van der Waals surface area contributed by atoms with E-state index in [1.54, 1.807) is 43.3 Å². The Bertz CT molecular complexity index is 1340. The molecule has 3 rings (SSSR count). The molecule has 0 unspecified atom stereocenters. The molecule has 0 saturated heterocycles. The summed E-state index contributed by atoms with van der Waals surface area (Å²) in [5.41, 5.74) is 2.10. The van der Waals surface area contributed by atoms with Crippen molar-refractivity contribution in [2.24, 2.45) is 10.2 Å². The maximum absolute atomic E-state index is 13.1. The number of hydrogen-bond acceptors (Lipinski definition) is 10. The van der Waals surface area contributed by atoms with Gasteiger partial charge in [0.2, 0.25) is 0 Å². The van der Waals surface area contributed by atoms with Crippen LogP contribution < -0.4 is 4.90 Å². The molecular weight excluding hydrogens is 499 g/mol. The van der Waals surface area contributed by atoms with Crippen LogP contribution in [0.15, 0.2) is 69.7 Å². The van der Waals surface area contributed by atoms with E-state index < -0.39 is 21.1 Å². The van der Waals surface area contributed by atoms with E-state index in [-0.39, 0.29) is 27.1 Å². The topological polar surface area (TPSA) is 132 Å². The van der Waals surface area contributed by atoms with Gasteiger partial charge in [-0.05, 0) is 67.1 Å². The summed E-state index contributed by atoms with van der Waals surface area (Å²) in [6, 6.07) is 13.7. The zero-order valence-electron chi connectivity index (χ0n) is 18.8. The molecule has 0 N–H and O–H groups in total. The molecule has 1 aromatic heterocycles. The number of nitrogens with zero attached hydrogens (tertiary/aromatic N) is 4. The third-order valence-corrected chi connectivity index (χ3v) is 6.61. The number of azo groups is 1. The van der Waals surface area contributed by atoms with Crippen LogP contribution in [0.3, 0.4) is 0 Å². The summed E-state index contributed by atoms with van der Waals surface area (Å²) in [7, 11) is -4.74. The SMILES string of the molecule is CCOC(=O)c1cc([N+](=O)[O-])sc1/N=N/c1ccc(N(CC)Cc2ccc(S(=O)(=O)F)cc2)cc1. The molecule has 0 spiro atoms. The first-order valence-corrected chi connectivity index (χ1v) is 12.6. The van der Waals surface area contributed by atoms with E-state index >= 15 is 0 Å². The average Bonchev–Trinajstić information content (AvgIpc) is 3.26. The van der Waals surface area contributed by atoms with Crippen molar-refractivity contribution in [2.45, 2.75) is 25.3 Å². The van der Waals surface area contributed by atoms with Crippen molar-refractivity contribution in [1.82, 2.24) is 0 Å². The number of benzene rings is 2. The van der Waals surface area contributed by atoms with Gasteiger partial charge in [-0.3, -0.25) is 10.1 Å². The zero-order valence-corrected chi connectivity index (χ0v) is 20.4. The Morgan fingerprint density at radius 3 is 2.31 bits per heavy atom. The summed E-state index contributed by atoms with van der Waals surface area (Å²) in [5, 5.41) is 19.0. The molecule has 0 aliphatic heterocycles. The van der Waals surface area contributed by atoms with E-state index in [0.717, 1.165) is 28.7 Å². The minimum Gasteiger partial charge on any atom is -0.462 e. The molecule has 35 heavy (non-hydrogen) atoms. The first-order valence-electron chi connectivity index (χ1n) is 10.4. The van der Waals surface area contributed by atoms with Gasteiger partial charge in [-0.25, -0.2) is 4.79 Å². The molecule has 0 aliphatic rings. The molecule has 10 nitrogen and oxygen atoms in total. The lowest BCUT2D eigenvalue weighted by atomic mass is 10.2. The number of nitro groups is 1. The van der Waals surface area contributed by atoms with Crippen LogP contribution in [0.4, 0.5) is 25.3 Å². The van der Waals surface area contributed by atoms with Crippen molar-refractivity contribution in [2.75, 3.05) is 18.1 Å². The molecule has 0 radical (unpaired) electrons. The monoisotopic (exact) mass is 520 g/mol. The van der Waals surface area contributed by atoms with Crippen LogP contribution in [0.1, 0.15) is 29.8 Å². The average molecular weight is 521 g/mol. The third-order valence-electron chi connectivity index (χ3n) is 4.81. The Balaban J connectivity index is 1.76. The number of thiophene rings is 1. The molecule has 0 fully saturated rings. The smallest absolute Gasteiger partial charge is 0.341 e. The first kappa shape index (κ1) is 25.9. The van der Waals surface area contributed by atoms with Gasteiger partial charge in [-0.1, -0.05) is 12.1 Å². The van der Waals surface area contributed by atoms with Crippen LogP contribution in [0.5, 0.6) is 0 Å². The molecule has 0 saturated carbocycles. The Morgan fingerprint density at radius 1 is 1.11 bits per heavy atom. The Hall–Kier alpha value is -3.71. The number of carbonyl (C=O) groups is 1. The van der Waals surface area contributed by atoms with E-state index in [2.05, 4.69) is 10.2 Å². The molecule has 0 atom stereocenters. The number of ether oxygens (including phenoxy) is 1. The van der Waals surface area contributed by atoms with Gasteiger partial charge >= 0.3 is 21.2 Å². The van der Waals surface area contributed by atoms with Crippen LogP contribution in [0.25, 0.3) is 0 Å². The van der Waals surface area contributed by atoms with Gasteiger partial charge in [0, 0.05) is 24.8 Å². The van der Waals surface area contributed by atoms with Crippen LogP contribution in [0, 0.1) is 10.1 Å². The lowest BCUT2D eigenvalue weighted by Crippen LogP contribution is -2.21. The fourth-order valence-electron chi connectivity index (χ4n) is 3.08. The summed E-state index contributed by atoms with van der Waals surface area (Å²) >= 11 is 0.727. The lowest BCUT2D eigenvalue weighted by Gasteiger charge is -2.23. The molecule has 13 heteroatoms. The number of halogens is 1. The minimum atomic E-state index is -4.74. The zero-order chi connectivity index (χ0) is 25.6. The van der Waals surface area contributed by atoms with Gasteiger partial charge in [-0.2, -0.15) is 8.42 Å². The molecule has 184 valence electrons. The van der Waals surface area contributed by atoms with E-state index in [0.29, 0.717) is 18.8 Å². The van der Waals surface area contributed by atoms with Gasteiger partial charge in [-0.15, -0.1) is 14.1 Å². The second kappa shape index (κ2) is 11.1. The molecule has 0 amide bonds. The molecule has 0 aliphatic carbocycles. The maximum atomic E-state index is 13.1. The quantitative estimate of drug-likeness (QED) is 0.106. The van der Waals surface area contributed by atoms with Crippen molar-refractivity contribution >= 4 is 48.9 Å². The number of rotatable bonds is 10. The highest BCUT2D eigenvalue weighted by Gasteiger charge is 2.23. The summed E-state index contributed by atoms with van der Waals surface area (Å²) < 4.78 is 40.0. The number of esters is 1. The number of hydrogen-bond donors (Lipinski definition) is 0. The van der Waals surface area contributed by atoms with Crippen LogP contribution in [-0.4, -0.2) is 32.5 Å². The summed E-state index contributed by atoms with van der Waals surface area (Å²) in [4.78, 5) is 24.2. The number of anilines is 1. The molecule has 2 aromatic carbocycles. The van der Waals surface area contributed by atoms with Crippen molar-refractivity contribution in [3.63, 3.8) is 0 Å². The highest BCUT2D eigenvalue weighted by atomic mass is 32.3. The van der Waals surface area contributed by atoms with Crippen LogP contribution in [-0.2, 0) is 21.5 Å². The van der Waals surface area contributed by atoms with Gasteiger partial charge in [0.15, 0.2) is 5.00 Å². The molecular formula is C22H21FN4O6S2. The largest absolute Gasteiger partial charge is 0.462 e. The predicted molar refractivity (Wildman–Crippen MR) is 129 cm³/mol. The van der Waals surface area contributed by atoms with E-state index in [9.17, 15) is 27.2 Å². The van der Waals surface area contributed by atoms with Crippen molar-refractivity contribution < 1.29 is 26.8 Å². The molecule has 0 bridgehead atoms. The van der Waals surface area contributed by atoms with E-state index in [4.69, 9.17) is 4.74 Å². The predicted octanol–water partition coefficient (Wildman–Crippen LogP) is 5.93. The van der Waals surface area contributed by atoms with Crippen molar-refractivity contribution in [1.29, 1.82) is 0 Å². The highest BCUT2D eigenvalue weighted by Crippen LogP contribution is 2.37. The van der Waals surface area contributed by atoms with E-state index in [1.165, 1.54) is 12.1 Å². The van der Waals surface area contributed by atoms with Gasteiger partial charge in [0.1, 0.15) is 5.56 Å². The van der Waals surface area contributed by atoms with Crippen LogP contribution in [0.2, 0.25) is 0 Å². The van der Waals surface area contributed by atoms with Crippen LogP contribution >= 0.6 is 11.3 Å². The Morgan fingerprint density at radius 2 is 1.77 bits per heavy atom. The summed E-state index contributed by atoms with van der Waals surface area (Å²) in [5.74, 6) is -0.711.